The quantitative estimate of drug-likeness (QED) is 0.102. The third kappa shape index (κ3) is 5.45. The van der Waals surface area contributed by atoms with Crippen LogP contribution in [0.15, 0.2) is 84.8 Å². The number of fused-ring (bicyclic) bond motifs is 4. The van der Waals surface area contributed by atoms with Crippen molar-refractivity contribution in [3.8, 4) is 5.82 Å². The maximum absolute atomic E-state index is 10.0. The Morgan fingerprint density at radius 2 is 1.51 bits per heavy atom. The largest absolute Gasteiger partial charge is 0.512 e. The van der Waals surface area contributed by atoms with E-state index >= 15 is 0 Å². The maximum atomic E-state index is 10.0. The first-order chi connectivity index (χ1) is 16.2. The molecule has 1 radical (unpaired) electrons. The fraction of sp³-hybridized carbons (Fsp3) is 0.172. The summed E-state index contributed by atoms with van der Waals surface area (Å²) in [6.07, 6.45) is 3.27. The van der Waals surface area contributed by atoms with Gasteiger partial charge in [0.15, 0.2) is 5.78 Å². The molecule has 0 atom stereocenters. The number of nitrogens with zero attached hydrogens (tertiary/aromatic N) is 2. The van der Waals surface area contributed by atoms with E-state index in [1.54, 1.807) is 0 Å². The second-order valence-electron chi connectivity index (χ2n) is 9.47. The van der Waals surface area contributed by atoms with Crippen molar-refractivity contribution in [2.24, 2.45) is 0 Å². The summed E-state index contributed by atoms with van der Waals surface area (Å²) in [6, 6.07) is 26.9. The van der Waals surface area contributed by atoms with Gasteiger partial charge in [0, 0.05) is 43.3 Å². The number of carbonyl (C=O) groups excluding carboxylic acids is 1. The first kappa shape index (κ1) is 26.5. The predicted molar refractivity (Wildman–Crippen MR) is 145 cm³/mol. The van der Waals surface area contributed by atoms with Gasteiger partial charge in [-0.15, -0.1) is 5.39 Å². The molecule has 0 fully saturated rings. The van der Waals surface area contributed by atoms with Crippen LogP contribution in [-0.2, 0) is 24.9 Å². The Kier molecular flexibility index (Phi) is 8.11. The van der Waals surface area contributed by atoms with Crippen LogP contribution in [0.25, 0.3) is 38.4 Å². The van der Waals surface area contributed by atoms with E-state index in [2.05, 4.69) is 97.1 Å². The maximum Gasteiger partial charge on any atom is 0.155 e. The summed E-state index contributed by atoms with van der Waals surface area (Å²) in [6.45, 7) is 9.99. The minimum Gasteiger partial charge on any atom is -0.512 e. The number of aliphatic hydroxyl groups excluding tert-OH is 1. The normalized spacial score (nSPS) is 11.7. The molecule has 1 N–H and O–H groups in total. The van der Waals surface area contributed by atoms with E-state index in [1.165, 1.54) is 52.2 Å². The number of ketones is 1. The van der Waals surface area contributed by atoms with Crippen LogP contribution in [0.3, 0.4) is 0 Å². The van der Waals surface area contributed by atoms with E-state index < -0.39 is 8.07 Å². The summed E-state index contributed by atoms with van der Waals surface area (Å²) in [5.74, 6) is 0.925. The first-order valence-corrected chi connectivity index (χ1v) is 14.8. The minimum absolute atomic E-state index is 0. The Morgan fingerprint density at radius 3 is 2.11 bits per heavy atom. The Balaban J connectivity index is 0.000000378. The van der Waals surface area contributed by atoms with Gasteiger partial charge in [0.1, 0.15) is 5.82 Å². The van der Waals surface area contributed by atoms with E-state index in [9.17, 15) is 4.79 Å². The summed E-state index contributed by atoms with van der Waals surface area (Å²) >= 11 is 0. The summed E-state index contributed by atoms with van der Waals surface area (Å²) in [4.78, 5) is 15.0. The predicted octanol–water partition coefficient (Wildman–Crippen LogP) is 6.71. The van der Waals surface area contributed by atoms with Gasteiger partial charge in [0.05, 0.1) is 13.8 Å². The molecule has 0 aliphatic carbocycles. The average molecular weight is 658 g/mol. The zero-order valence-electron chi connectivity index (χ0n) is 20.6. The van der Waals surface area contributed by atoms with Crippen LogP contribution in [0.5, 0.6) is 0 Å². The van der Waals surface area contributed by atoms with Crippen LogP contribution in [-0.4, -0.2) is 28.5 Å². The van der Waals surface area contributed by atoms with Gasteiger partial charge in [0.25, 0.3) is 0 Å². The van der Waals surface area contributed by atoms with Crippen molar-refractivity contribution in [1.82, 2.24) is 9.55 Å². The Hall–Kier alpha value is -3.05. The fourth-order valence-electron chi connectivity index (χ4n) is 4.31. The SMILES string of the molecule is CC(=O)/C=C(/C)O.C[Si](C)(C)c1cnc(-n2c3[c-]cccc3c3ccccc32)c2ccccc12.[Ir]. The molecule has 2 heterocycles. The van der Waals surface area contributed by atoms with Crippen molar-refractivity contribution in [1.29, 1.82) is 0 Å². The molecule has 4 nitrogen and oxygen atoms in total. The van der Waals surface area contributed by atoms with Crippen molar-refractivity contribution < 1.29 is 30.0 Å². The molecule has 0 bridgehead atoms. The van der Waals surface area contributed by atoms with E-state index in [1.807, 2.05) is 6.07 Å². The van der Waals surface area contributed by atoms with Crippen LogP contribution in [0.4, 0.5) is 0 Å². The van der Waals surface area contributed by atoms with E-state index in [-0.39, 0.29) is 31.6 Å². The number of allylic oxidation sites excluding steroid dienone is 2. The van der Waals surface area contributed by atoms with Gasteiger partial charge in [-0.05, 0) is 35.9 Å². The zero-order chi connectivity index (χ0) is 24.5. The molecule has 5 rings (SSSR count). The second-order valence-corrected chi connectivity index (χ2v) is 14.5. The minimum atomic E-state index is -1.49. The van der Waals surface area contributed by atoms with Crippen LogP contribution in [0, 0.1) is 6.07 Å². The number of aliphatic hydroxyl groups is 1. The van der Waals surface area contributed by atoms with E-state index in [4.69, 9.17) is 10.1 Å². The summed E-state index contributed by atoms with van der Waals surface area (Å²) in [5, 5.41) is 14.8. The zero-order valence-corrected chi connectivity index (χ0v) is 24.0. The van der Waals surface area contributed by atoms with Gasteiger partial charge in [-0.2, -0.15) is 24.3 Å². The van der Waals surface area contributed by atoms with Gasteiger partial charge in [-0.3, -0.25) is 4.79 Å². The first-order valence-electron chi connectivity index (χ1n) is 11.3. The van der Waals surface area contributed by atoms with Gasteiger partial charge < -0.3 is 9.67 Å². The van der Waals surface area contributed by atoms with Crippen molar-refractivity contribution in [2.45, 2.75) is 33.5 Å². The van der Waals surface area contributed by atoms with Crippen molar-refractivity contribution in [2.75, 3.05) is 0 Å². The van der Waals surface area contributed by atoms with Crippen molar-refractivity contribution in [3.05, 3.63) is 90.8 Å². The van der Waals surface area contributed by atoms with Gasteiger partial charge in [-0.1, -0.05) is 67.6 Å². The summed E-state index contributed by atoms with van der Waals surface area (Å²) < 4.78 is 2.26. The van der Waals surface area contributed by atoms with Crippen molar-refractivity contribution in [3.63, 3.8) is 0 Å². The third-order valence-electron chi connectivity index (χ3n) is 5.70. The molecule has 0 saturated carbocycles. The number of pyridine rings is 1. The number of rotatable bonds is 3. The Bertz CT molecular complexity index is 1490. The van der Waals surface area contributed by atoms with Crippen LogP contribution in [0.2, 0.25) is 19.6 Å². The molecule has 5 aromatic rings. The molecular weight excluding hydrogens is 629 g/mol. The molecular formula is C29H29IrN2O2Si-. The third-order valence-corrected chi connectivity index (χ3v) is 7.71. The van der Waals surface area contributed by atoms with Crippen LogP contribution < -0.4 is 5.19 Å². The molecule has 0 aliphatic heterocycles. The molecule has 6 heteroatoms. The Morgan fingerprint density at radius 1 is 0.914 bits per heavy atom. The second kappa shape index (κ2) is 10.7. The number of carbonyl (C=O) groups is 1. The molecule has 35 heavy (non-hydrogen) atoms. The van der Waals surface area contributed by atoms with E-state index in [0.29, 0.717) is 0 Å². The summed E-state index contributed by atoms with van der Waals surface area (Å²) in [7, 11) is -1.49. The number of hydrogen-bond donors (Lipinski definition) is 1. The fourth-order valence-corrected chi connectivity index (χ4v) is 5.79. The molecule has 0 amide bonds. The average Bonchev–Trinajstić information content (AvgIpc) is 3.11. The number of hydrogen-bond acceptors (Lipinski definition) is 3. The number of benzene rings is 3. The monoisotopic (exact) mass is 658 g/mol. The molecule has 3 aromatic carbocycles. The molecule has 181 valence electrons. The smallest absolute Gasteiger partial charge is 0.155 e. The number of para-hydroxylation sites is 2. The van der Waals surface area contributed by atoms with E-state index in [0.717, 1.165) is 11.3 Å². The molecule has 0 spiro atoms. The molecule has 0 unspecified atom stereocenters. The number of aromatic nitrogens is 2. The molecule has 0 saturated heterocycles. The molecule has 2 aromatic heterocycles. The Labute approximate surface area is 220 Å². The van der Waals surface area contributed by atoms with Gasteiger partial charge in [-0.25, -0.2) is 4.98 Å². The van der Waals surface area contributed by atoms with Crippen LogP contribution in [0.1, 0.15) is 13.8 Å². The van der Waals surface area contributed by atoms with Crippen LogP contribution >= 0.6 is 0 Å². The topological polar surface area (TPSA) is 55.1 Å². The van der Waals surface area contributed by atoms with Gasteiger partial charge in [0.2, 0.25) is 0 Å². The summed E-state index contributed by atoms with van der Waals surface area (Å²) in [5.41, 5.74) is 2.26. The molecule has 0 aliphatic rings. The van der Waals surface area contributed by atoms with Crippen molar-refractivity contribution >= 4 is 51.6 Å². The van der Waals surface area contributed by atoms with Gasteiger partial charge >= 0.3 is 0 Å². The standard InChI is InChI=1S/C24H21N2Si.C5H8O2.Ir/c1-27(2,3)23-16-25-24(20-13-5-4-12-19(20)23)26-21-14-8-6-10-17(21)18-11-7-9-15-22(18)26;1-4(6)3-5(2)7;/h4-14,16H,1-3H3;3,6H,1-2H3;/q-1;;/b;4-3-;.